The molecule has 0 amide bonds. The third kappa shape index (κ3) is 5.19. The summed E-state index contributed by atoms with van der Waals surface area (Å²) in [6, 6.07) is 5.56. The number of benzene rings is 1. The maximum absolute atomic E-state index is 11.6. The van der Waals surface area contributed by atoms with E-state index in [9.17, 15) is 4.55 Å². The molecule has 0 aromatic heterocycles. The largest absolute Gasteiger partial charge is 0.591 e. The third-order valence-electron chi connectivity index (χ3n) is 2.24. The number of hydrogen-bond acceptors (Lipinski definition) is 2. The second kappa shape index (κ2) is 6.80. The molecule has 0 fully saturated rings. The molecule has 0 saturated carbocycles. The van der Waals surface area contributed by atoms with Gasteiger partial charge in [0, 0.05) is 0 Å². The summed E-state index contributed by atoms with van der Waals surface area (Å²) < 4.78 is 15.4. The lowest BCUT2D eigenvalue weighted by Crippen LogP contribution is -2.25. The van der Waals surface area contributed by atoms with Crippen molar-refractivity contribution in [2.24, 2.45) is 4.40 Å². The third-order valence-corrected chi connectivity index (χ3v) is 4.37. The first-order chi connectivity index (χ1) is 8.30. The van der Waals surface area contributed by atoms with Gasteiger partial charge in [-0.15, -0.1) is 0 Å². The van der Waals surface area contributed by atoms with Crippen LogP contribution in [0.25, 0.3) is 0 Å². The zero-order chi connectivity index (χ0) is 13.8. The topological polar surface area (TPSA) is 35.4 Å². The lowest BCUT2D eigenvalue weighted by molar-refractivity contribution is 0.561. The van der Waals surface area contributed by atoms with Gasteiger partial charge in [0.2, 0.25) is 0 Å². The summed E-state index contributed by atoms with van der Waals surface area (Å²) in [4.78, 5) is 0. The predicted octanol–water partition coefficient (Wildman–Crippen LogP) is 4.46. The standard InChI is InChI=1S/C13H17Cl2NOS/c1-13(2,3)18(17)16-8-4-5-10-6-7-11(14)12(15)9-10/h6-9H,4-5H2,1-3H3/b16-8+. The Morgan fingerprint density at radius 2 is 1.94 bits per heavy atom. The Labute approximate surface area is 122 Å². The Kier molecular flexibility index (Phi) is 5.99. The Bertz CT molecular complexity index is 429. The summed E-state index contributed by atoms with van der Waals surface area (Å²) in [7, 11) is 0. The fourth-order valence-corrected chi connectivity index (χ4v) is 2.08. The fraction of sp³-hybridized carbons (Fsp3) is 0.462. The lowest BCUT2D eigenvalue weighted by Gasteiger charge is -2.17. The van der Waals surface area contributed by atoms with Crippen LogP contribution < -0.4 is 0 Å². The quantitative estimate of drug-likeness (QED) is 0.597. The molecule has 0 aliphatic heterocycles. The van der Waals surface area contributed by atoms with Gasteiger partial charge in [-0.1, -0.05) is 33.7 Å². The van der Waals surface area contributed by atoms with Gasteiger partial charge in [-0.25, -0.2) is 0 Å². The molecule has 1 aromatic carbocycles. The number of hydrogen-bond donors (Lipinski definition) is 0. The van der Waals surface area contributed by atoms with E-state index in [-0.39, 0.29) is 4.75 Å². The van der Waals surface area contributed by atoms with E-state index in [1.807, 2.05) is 32.9 Å². The van der Waals surface area contributed by atoms with Crippen molar-refractivity contribution in [2.75, 3.05) is 0 Å². The van der Waals surface area contributed by atoms with Crippen molar-refractivity contribution in [3.63, 3.8) is 0 Å². The predicted molar refractivity (Wildman–Crippen MR) is 81.2 cm³/mol. The lowest BCUT2D eigenvalue weighted by atomic mass is 10.1. The van der Waals surface area contributed by atoms with Crippen molar-refractivity contribution in [1.29, 1.82) is 0 Å². The van der Waals surface area contributed by atoms with Gasteiger partial charge in [0.15, 0.2) is 0 Å². The van der Waals surface area contributed by atoms with Crippen LogP contribution in [0, 0.1) is 0 Å². The first kappa shape index (κ1) is 15.8. The van der Waals surface area contributed by atoms with Gasteiger partial charge in [-0.3, -0.25) is 0 Å². The Morgan fingerprint density at radius 3 is 2.50 bits per heavy atom. The molecule has 0 aliphatic carbocycles. The van der Waals surface area contributed by atoms with Gasteiger partial charge in [0.1, 0.15) is 16.1 Å². The molecule has 0 bridgehead atoms. The average molecular weight is 306 g/mol. The summed E-state index contributed by atoms with van der Waals surface area (Å²) in [6.45, 7) is 5.71. The first-order valence-corrected chi connectivity index (χ1v) is 7.55. The maximum Gasteiger partial charge on any atom is 0.144 e. The highest BCUT2D eigenvalue weighted by Crippen LogP contribution is 2.23. The number of aryl methyl sites for hydroxylation is 1. The molecule has 0 spiro atoms. The first-order valence-electron chi connectivity index (χ1n) is 5.69. The minimum absolute atomic E-state index is 0.305. The molecule has 1 atom stereocenters. The van der Waals surface area contributed by atoms with Crippen molar-refractivity contribution < 1.29 is 4.55 Å². The second-order valence-electron chi connectivity index (χ2n) is 4.94. The van der Waals surface area contributed by atoms with Crippen LogP contribution in [0.15, 0.2) is 22.6 Å². The highest BCUT2D eigenvalue weighted by atomic mass is 35.5. The van der Waals surface area contributed by atoms with E-state index in [0.29, 0.717) is 10.0 Å². The van der Waals surface area contributed by atoms with E-state index in [1.54, 1.807) is 12.3 Å². The van der Waals surface area contributed by atoms with E-state index in [0.717, 1.165) is 18.4 Å². The van der Waals surface area contributed by atoms with E-state index < -0.39 is 11.4 Å². The highest BCUT2D eigenvalue weighted by Gasteiger charge is 2.25. The van der Waals surface area contributed by atoms with E-state index in [4.69, 9.17) is 23.2 Å². The van der Waals surface area contributed by atoms with E-state index in [1.165, 1.54) is 0 Å². The summed E-state index contributed by atoms with van der Waals surface area (Å²) in [5.74, 6) is 0. The van der Waals surface area contributed by atoms with Gasteiger partial charge in [-0.2, -0.15) is 0 Å². The van der Waals surface area contributed by atoms with Crippen LogP contribution in [0.3, 0.4) is 0 Å². The zero-order valence-corrected chi connectivity index (χ0v) is 13.1. The average Bonchev–Trinajstić information content (AvgIpc) is 2.27. The molecule has 1 unspecified atom stereocenters. The Hall–Kier alpha value is -0.220. The molecule has 18 heavy (non-hydrogen) atoms. The van der Waals surface area contributed by atoms with Gasteiger partial charge < -0.3 is 4.55 Å². The summed E-state index contributed by atoms with van der Waals surface area (Å²) in [6.07, 6.45) is 3.26. The van der Waals surface area contributed by atoms with Crippen LogP contribution in [0.1, 0.15) is 32.8 Å². The summed E-state index contributed by atoms with van der Waals surface area (Å²) >= 11 is 10.6. The van der Waals surface area contributed by atoms with Crippen LogP contribution >= 0.6 is 23.2 Å². The van der Waals surface area contributed by atoms with Crippen molar-refractivity contribution in [2.45, 2.75) is 38.4 Å². The molecule has 100 valence electrons. The maximum atomic E-state index is 11.6. The number of nitrogens with zero attached hydrogens (tertiary/aromatic N) is 1. The monoisotopic (exact) mass is 305 g/mol. The Balaban J connectivity index is 2.47. The smallest absolute Gasteiger partial charge is 0.144 e. The molecule has 0 heterocycles. The molecular weight excluding hydrogens is 289 g/mol. The molecule has 2 nitrogen and oxygen atoms in total. The Morgan fingerprint density at radius 1 is 1.28 bits per heavy atom. The minimum Gasteiger partial charge on any atom is -0.591 e. The van der Waals surface area contributed by atoms with Crippen molar-refractivity contribution >= 4 is 40.8 Å². The molecular formula is C13H17Cl2NOS. The van der Waals surface area contributed by atoms with Crippen molar-refractivity contribution in [1.82, 2.24) is 0 Å². The summed E-state index contributed by atoms with van der Waals surface area (Å²) in [5.41, 5.74) is 1.09. The zero-order valence-electron chi connectivity index (χ0n) is 10.7. The molecule has 1 aromatic rings. The number of halogens is 2. The van der Waals surface area contributed by atoms with E-state index in [2.05, 4.69) is 4.40 Å². The second-order valence-corrected chi connectivity index (χ2v) is 7.68. The molecule has 0 aliphatic rings. The summed E-state index contributed by atoms with van der Waals surface area (Å²) in [5, 5.41) is 1.12. The van der Waals surface area contributed by atoms with Crippen LogP contribution in [0.2, 0.25) is 10.0 Å². The van der Waals surface area contributed by atoms with Crippen molar-refractivity contribution in [3.05, 3.63) is 33.8 Å². The fourth-order valence-electron chi connectivity index (χ4n) is 1.20. The highest BCUT2D eigenvalue weighted by molar-refractivity contribution is 7.91. The van der Waals surface area contributed by atoms with Crippen LogP contribution in [-0.2, 0) is 17.8 Å². The van der Waals surface area contributed by atoms with E-state index >= 15 is 0 Å². The van der Waals surface area contributed by atoms with Crippen LogP contribution in [-0.4, -0.2) is 15.5 Å². The van der Waals surface area contributed by atoms with Gasteiger partial charge in [0.25, 0.3) is 0 Å². The van der Waals surface area contributed by atoms with Gasteiger partial charge >= 0.3 is 0 Å². The van der Waals surface area contributed by atoms with Crippen LogP contribution in [0.4, 0.5) is 0 Å². The van der Waals surface area contributed by atoms with Crippen molar-refractivity contribution in [3.8, 4) is 0 Å². The molecule has 0 radical (unpaired) electrons. The van der Waals surface area contributed by atoms with Gasteiger partial charge in [0.05, 0.1) is 16.3 Å². The minimum atomic E-state index is -1.18. The normalized spacial score (nSPS) is 14.1. The molecule has 0 saturated heterocycles. The SMILES string of the molecule is CC(C)(C)[S+]([O-])/N=C/CCc1ccc(Cl)c(Cl)c1. The number of rotatable bonds is 4. The molecule has 0 N–H and O–H groups in total. The van der Waals surface area contributed by atoms with Gasteiger partial charge in [-0.05, 0) is 51.3 Å². The molecule has 1 rings (SSSR count). The molecule has 5 heteroatoms. The van der Waals surface area contributed by atoms with Crippen LogP contribution in [0.5, 0.6) is 0 Å².